The number of ether oxygens (including phenoxy) is 1. The number of benzene rings is 1. The van der Waals surface area contributed by atoms with Gasteiger partial charge in [0, 0.05) is 11.4 Å². The highest BCUT2D eigenvalue weighted by Gasteiger charge is 1.93. The van der Waals surface area contributed by atoms with E-state index in [-0.39, 0.29) is 0 Å². The summed E-state index contributed by atoms with van der Waals surface area (Å²) >= 11 is 5.74. The normalized spacial score (nSPS) is 9.43. The summed E-state index contributed by atoms with van der Waals surface area (Å²) < 4.78 is 5.48. The van der Waals surface area contributed by atoms with Crippen LogP contribution in [0, 0.1) is 12.3 Å². The third-order valence-electron chi connectivity index (χ3n) is 1.80. The highest BCUT2D eigenvalue weighted by molar-refractivity contribution is 6.30. The van der Waals surface area contributed by atoms with Gasteiger partial charge in [-0.05, 0) is 37.1 Å². The Morgan fingerprint density at radius 2 is 1.93 bits per heavy atom. The van der Waals surface area contributed by atoms with Crippen LogP contribution in [0.15, 0.2) is 24.3 Å². The van der Waals surface area contributed by atoms with Crippen molar-refractivity contribution < 1.29 is 4.74 Å². The molecule has 0 amide bonds. The van der Waals surface area contributed by atoms with E-state index in [9.17, 15) is 0 Å². The third-order valence-corrected chi connectivity index (χ3v) is 2.05. The molecule has 0 aliphatic heterocycles. The van der Waals surface area contributed by atoms with Crippen molar-refractivity contribution in [3.8, 4) is 18.1 Å². The fraction of sp³-hybridized carbons (Fsp3) is 0.333. The Balaban J connectivity index is 2.19. The summed E-state index contributed by atoms with van der Waals surface area (Å²) in [5, 5.41) is 0.727. The zero-order valence-electron chi connectivity index (χ0n) is 8.00. The Kier molecular flexibility index (Phi) is 4.96. The maximum atomic E-state index is 5.74. The fourth-order valence-corrected chi connectivity index (χ4v) is 1.18. The fourth-order valence-electron chi connectivity index (χ4n) is 1.05. The van der Waals surface area contributed by atoms with Crippen LogP contribution in [0.1, 0.15) is 19.3 Å². The van der Waals surface area contributed by atoms with Crippen LogP contribution in [0.5, 0.6) is 5.75 Å². The number of hydrogen-bond donors (Lipinski definition) is 0. The minimum atomic E-state index is 0.712. The predicted molar refractivity (Wildman–Crippen MR) is 59.6 cm³/mol. The molecule has 1 rings (SSSR count). The maximum absolute atomic E-state index is 5.74. The minimum Gasteiger partial charge on any atom is -0.494 e. The lowest BCUT2D eigenvalue weighted by molar-refractivity contribution is 0.307. The van der Waals surface area contributed by atoms with Crippen LogP contribution < -0.4 is 4.74 Å². The molecule has 0 bridgehead atoms. The smallest absolute Gasteiger partial charge is 0.119 e. The van der Waals surface area contributed by atoms with Gasteiger partial charge < -0.3 is 4.74 Å². The largest absolute Gasteiger partial charge is 0.494 e. The molecule has 0 atom stereocenters. The predicted octanol–water partition coefficient (Wildman–Crippen LogP) is 3.52. The van der Waals surface area contributed by atoms with Gasteiger partial charge in [-0.3, -0.25) is 0 Å². The van der Waals surface area contributed by atoms with Crippen LogP contribution in [0.25, 0.3) is 0 Å². The van der Waals surface area contributed by atoms with E-state index >= 15 is 0 Å². The van der Waals surface area contributed by atoms with Crippen LogP contribution in [0.3, 0.4) is 0 Å². The Morgan fingerprint density at radius 1 is 1.21 bits per heavy atom. The Labute approximate surface area is 90.0 Å². The quantitative estimate of drug-likeness (QED) is 0.532. The van der Waals surface area contributed by atoms with E-state index in [1.165, 1.54) is 0 Å². The molecule has 0 unspecified atom stereocenters. The van der Waals surface area contributed by atoms with Crippen LogP contribution in [0.4, 0.5) is 0 Å². The zero-order valence-corrected chi connectivity index (χ0v) is 8.76. The van der Waals surface area contributed by atoms with Crippen LogP contribution in [-0.2, 0) is 0 Å². The van der Waals surface area contributed by atoms with E-state index in [2.05, 4.69) is 5.92 Å². The van der Waals surface area contributed by atoms with Gasteiger partial charge in [-0.25, -0.2) is 0 Å². The van der Waals surface area contributed by atoms with Gasteiger partial charge in [0.15, 0.2) is 0 Å². The van der Waals surface area contributed by atoms with Gasteiger partial charge >= 0.3 is 0 Å². The lowest BCUT2D eigenvalue weighted by Crippen LogP contribution is -1.96. The molecule has 0 aliphatic rings. The second-order valence-corrected chi connectivity index (χ2v) is 3.40. The molecule has 2 heteroatoms. The van der Waals surface area contributed by atoms with Crippen molar-refractivity contribution in [3.05, 3.63) is 29.3 Å². The van der Waals surface area contributed by atoms with E-state index in [1.54, 1.807) is 0 Å². The van der Waals surface area contributed by atoms with E-state index in [1.807, 2.05) is 24.3 Å². The Morgan fingerprint density at radius 3 is 2.57 bits per heavy atom. The molecule has 0 radical (unpaired) electrons. The second-order valence-electron chi connectivity index (χ2n) is 2.96. The van der Waals surface area contributed by atoms with Crippen molar-refractivity contribution in [3.63, 3.8) is 0 Å². The molecule has 1 nitrogen and oxygen atoms in total. The first-order valence-corrected chi connectivity index (χ1v) is 5.02. The van der Waals surface area contributed by atoms with Gasteiger partial charge in [0.25, 0.3) is 0 Å². The first kappa shape index (κ1) is 10.9. The Hall–Kier alpha value is -1.13. The van der Waals surface area contributed by atoms with Crippen molar-refractivity contribution >= 4 is 11.6 Å². The molecule has 0 saturated carbocycles. The number of rotatable bonds is 5. The molecule has 1 aromatic carbocycles. The summed E-state index contributed by atoms with van der Waals surface area (Å²) in [4.78, 5) is 0. The molecule has 14 heavy (non-hydrogen) atoms. The van der Waals surface area contributed by atoms with Gasteiger partial charge in [-0.2, -0.15) is 0 Å². The SMILES string of the molecule is C#CCCCCOc1ccc(Cl)cc1. The molecule has 1 aromatic rings. The molecular formula is C12H13ClO. The number of hydrogen-bond acceptors (Lipinski definition) is 1. The van der Waals surface area contributed by atoms with E-state index in [0.717, 1.165) is 30.0 Å². The molecular weight excluding hydrogens is 196 g/mol. The van der Waals surface area contributed by atoms with E-state index in [4.69, 9.17) is 22.8 Å². The summed E-state index contributed by atoms with van der Waals surface area (Å²) in [6.07, 6.45) is 7.97. The highest BCUT2D eigenvalue weighted by atomic mass is 35.5. The topological polar surface area (TPSA) is 9.23 Å². The summed E-state index contributed by atoms with van der Waals surface area (Å²) in [6.45, 7) is 0.712. The summed E-state index contributed by atoms with van der Waals surface area (Å²) in [6, 6.07) is 7.36. The van der Waals surface area contributed by atoms with Gasteiger partial charge in [-0.15, -0.1) is 12.3 Å². The second kappa shape index (κ2) is 6.34. The van der Waals surface area contributed by atoms with Crippen molar-refractivity contribution in [1.29, 1.82) is 0 Å². The number of halogens is 1. The molecule has 0 heterocycles. The van der Waals surface area contributed by atoms with Gasteiger partial charge in [0.05, 0.1) is 6.61 Å². The average Bonchev–Trinajstić information content (AvgIpc) is 2.21. The van der Waals surface area contributed by atoms with E-state index < -0.39 is 0 Å². The molecule has 0 fully saturated rings. The third kappa shape index (κ3) is 4.20. The van der Waals surface area contributed by atoms with Crippen molar-refractivity contribution in [1.82, 2.24) is 0 Å². The monoisotopic (exact) mass is 208 g/mol. The number of terminal acetylenes is 1. The van der Waals surface area contributed by atoms with Crippen LogP contribution >= 0.6 is 11.6 Å². The minimum absolute atomic E-state index is 0.712. The molecule has 0 aliphatic carbocycles. The highest BCUT2D eigenvalue weighted by Crippen LogP contribution is 2.15. The summed E-state index contributed by atoms with van der Waals surface area (Å²) in [5.74, 6) is 3.46. The first-order valence-electron chi connectivity index (χ1n) is 4.65. The lowest BCUT2D eigenvalue weighted by Gasteiger charge is -2.04. The molecule has 0 saturated heterocycles. The standard InChI is InChI=1S/C12H13ClO/c1-2-3-4-5-10-14-12-8-6-11(13)7-9-12/h1,6-9H,3-5,10H2. The van der Waals surface area contributed by atoms with Crippen molar-refractivity contribution in [2.24, 2.45) is 0 Å². The van der Waals surface area contributed by atoms with Gasteiger partial charge in [0.1, 0.15) is 5.75 Å². The molecule has 0 spiro atoms. The zero-order chi connectivity index (χ0) is 10.2. The van der Waals surface area contributed by atoms with Gasteiger partial charge in [-0.1, -0.05) is 11.6 Å². The van der Waals surface area contributed by atoms with E-state index in [0.29, 0.717) is 6.61 Å². The molecule has 0 aromatic heterocycles. The summed E-state index contributed by atoms with van der Waals surface area (Å²) in [5.41, 5.74) is 0. The first-order chi connectivity index (χ1) is 6.83. The summed E-state index contributed by atoms with van der Waals surface area (Å²) in [7, 11) is 0. The molecule has 74 valence electrons. The Bertz CT molecular complexity index is 297. The maximum Gasteiger partial charge on any atom is 0.119 e. The van der Waals surface area contributed by atoms with Crippen molar-refractivity contribution in [2.75, 3.05) is 6.61 Å². The van der Waals surface area contributed by atoms with Crippen molar-refractivity contribution in [2.45, 2.75) is 19.3 Å². The van der Waals surface area contributed by atoms with Crippen LogP contribution in [0.2, 0.25) is 5.02 Å². The lowest BCUT2D eigenvalue weighted by atomic mass is 10.2. The molecule has 0 N–H and O–H groups in total. The number of unbranched alkanes of at least 4 members (excludes halogenated alkanes) is 2. The van der Waals surface area contributed by atoms with Gasteiger partial charge in [0.2, 0.25) is 0 Å². The van der Waals surface area contributed by atoms with Crippen LogP contribution in [-0.4, -0.2) is 6.61 Å². The average molecular weight is 209 g/mol.